The van der Waals surface area contributed by atoms with Crippen molar-refractivity contribution in [3.05, 3.63) is 51.4 Å². The molecule has 0 bridgehead atoms. The molecule has 0 spiro atoms. The average molecular weight is 429 g/mol. The summed E-state index contributed by atoms with van der Waals surface area (Å²) in [5.41, 5.74) is 4.96. The van der Waals surface area contributed by atoms with Gasteiger partial charge in [-0.2, -0.15) is 22.5 Å². The van der Waals surface area contributed by atoms with Crippen LogP contribution in [0.25, 0.3) is 0 Å². The number of nitrogens with two attached hydrogens (primary N) is 1. The Morgan fingerprint density at radius 3 is 2.38 bits per heavy atom. The molecule has 0 aliphatic rings. The smallest absolute Gasteiger partial charge is 0.416 e. The second kappa shape index (κ2) is 8.32. The standard InChI is InChI=1S/C15H10Cl2F4N2O2S/c16-10-12(22)11(17)14(23-13(10)18)25-5-9(24)26-6-7-1-3-8(4-2-7)15(19,20)21/h1-4H,5-6H2,(H2,22,23). The molecule has 1 heterocycles. The Labute approximate surface area is 159 Å². The van der Waals surface area contributed by atoms with E-state index in [4.69, 9.17) is 33.7 Å². The van der Waals surface area contributed by atoms with Crippen LogP contribution >= 0.6 is 35.0 Å². The summed E-state index contributed by atoms with van der Waals surface area (Å²) in [7, 11) is 0. The van der Waals surface area contributed by atoms with Crippen LogP contribution in [-0.4, -0.2) is 16.7 Å². The van der Waals surface area contributed by atoms with Crippen LogP contribution in [0.4, 0.5) is 23.2 Å². The molecule has 0 amide bonds. The van der Waals surface area contributed by atoms with Gasteiger partial charge in [0.1, 0.15) is 10.0 Å². The van der Waals surface area contributed by atoms with Gasteiger partial charge in [0, 0.05) is 5.75 Å². The minimum atomic E-state index is -4.42. The van der Waals surface area contributed by atoms with E-state index in [0.29, 0.717) is 5.56 Å². The Bertz CT molecular complexity index is 817. The van der Waals surface area contributed by atoms with Crippen LogP contribution < -0.4 is 10.5 Å². The number of hydrogen-bond donors (Lipinski definition) is 1. The van der Waals surface area contributed by atoms with E-state index in [1.807, 2.05) is 0 Å². The Morgan fingerprint density at radius 2 is 1.81 bits per heavy atom. The van der Waals surface area contributed by atoms with Crippen molar-refractivity contribution in [1.29, 1.82) is 0 Å². The summed E-state index contributed by atoms with van der Waals surface area (Å²) in [6.45, 7) is -0.488. The van der Waals surface area contributed by atoms with E-state index in [1.54, 1.807) is 0 Å². The molecule has 0 fully saturated rings. The van der Waals surface area contributed by atoms with E-state index in [2.05, 4.69) is 4.98 Å². The van der Waals surface area contributed by atoms with Crippen molar-refractivity contribution in [2.45, 2.75) is 11.9 Å². The first-order valence-corrected chi connectivity index (χ1v) is 8.58. The summed E-state index contributed by atoms with van der Waals surface area (Å²) in [5.74, 6) is -1.33. The normalized spacial score (nSPS) is 11.5. The number of halogens is 6. The monoisotopic (exact) mass is 428 g/mol. The lowest BCUT2D eigenvalue weighted by Gasteiger charge is -2.10. The number of carbonyl (C=O) groups excluding carboxylic acids is 1. The molecule has 4 nitrogen and oxygen atoms in total. The molecule has 1 aromatic carbocycles. The molecule has 2 aromatic rings. The predicted molar refractivity (Wildman–Crippen MR) is 91.9 cm³/mol. The fourth-order valence-electron chi connectivity index (χ4n) is 1.73. The van der Waals surface area contributed by atoms with Crippen molar-refractivity contribution < 1.29 is 27.1 Å². The van der Waals surface area contributed by atoms with E-state index in [-0.39, 0.29) is 22.3 Å². The van der Waals surface area contributed by atoms with Gasteiger partial charge in [0.15, 0.2) is 6.61 Å². The highest BCUT2D eigenvalue weighted by atomic mass is 35.5. The molecule has 0 saturated carbocycles. The highest BCUT2D eigenvalue weighted by Crippen LogP contribution is 2.35. The number of thioether (sulfide) groups is 1. The Balaban J connectivity index is 1.90. The number of alkyl halides is 3. The fourth-order valence-corrected chi connectivity index (χ4v) is 2.77. The van der Waals surface area contributed by atoms with Gasteiger partial charge in [-0.25, -0.2) is 0 Å². The lowest BCUT2D eigenvalue weighted by Crippen LogP contribution is -2.10. The number of ether oxygens (including phenoxy) is 1. The molecule has 2 N–H and O–H groups in total. The van der Waals surface area contributed by atoms with Gasteiger partial charge in [-0.15, -0.1) is 0 Å². The van der Waals surface area contributed by atoms with Gasteiger partial charge >= 0.3 is 6.18 Å². The number of rotatable bonds is 5. The lowest BCUT2D eigenvalue weighted by atomic mass is 10.1. The maximum absolute atomic E-state index is 13.4. The van der Waals surface area contributed by atoms with E-state index in [0.717, 1.165) is 23.9 Å². The highest BCUT2D eigenvalue weighted by molar-refractivity contribution is 8.13. The number of anilines is 1. The number of nitrogen functional groups attached to an aromatic ring is 1. The average Bonchev–Trinajstić information content (AvgIpc) is 2.59. The maximum Gasteiger partial charge on any atom is 0.416 e. The minimum absolute atomic E-state index is 0.138. The minimum Gasteiger partial charge on any atom is -0.467 e. The van der Waals surface area contributed by atoms with Crippen LogP contribution in [0.1, 0.15) is 11.1 Å². The van der Waals surface area contributed by atoms with Crippen LogP contribution in [0.2, 0.25) is 10.0 Å². The van der Waals surface area contributed by atoms with Crippen LogP contribution in [0.3, 0.4) is 0 Å². The van der Waals surface area contributed by atoms with Crippen molar-refractivity contribution >= 4 is 45.8 Å². The van der Waals surface area contributed by atoms with Gasteiger partial charge in [0.05, 0.1) is 11.3 Å². The summed E-state index contributed by atoms with van der Waals surface area (Å²) in [6, 6.07) is 4.41. The molecule has 1 aromatic heterocycles. The zero-order valence-corrected chi connectivity index (χ0v) is 15.1. The molecule has 0 aliphatic carbocycles. The predicted octanol–water partition coefficient (Wildman–Crippen LogP) is 4.97. The number of carbonyl (C=O) groups is 1. The topological polar surface area (TPSA) is 65.2 Å². The Kier molecular flexibility index (Phi) is 6.59. The maximum atomic E-state index is 13.4. The van der Waals surface area contributed by atoms with Gasteiger partial charge in [-0.1, -0.05) is 47.1 Å². The number of benzene rings is 1. The molecule has 0 radical (unpaired) electrons. The largest absolute Gasteiger partial charge is 0.467 e. The lowest BCUT2D eigenvalue weighted by molar-refractivity contribution is -0.137. The third kappa shape index (κ3) is 5.15. The second-order valence-corrected chi connectivity index (χ2v) is 6.68. The first-order chi connectivity index (χ1) is 12.1. The molecule has 26 heavy (non-hydrogen) atoms. The van der Waals surface area contributed by atoms with E-state index >= 15 is 0 Å². The van der Waals surface area contributed by atoms with Crippen LogP contribution in [-0.2, 0) is 16.7 Å². The summed E-state index contributed by atoms with van der Waals surface area (Å²) >= 11 is 12.1. The molecule has 11 heteroatoms. The molecule has 0 aliphatic heterocycles. The van der Waals surface area contributed by atoms with Crippen molar-refractivity contribution in [3.63, 3.8) is 0 Å². The third-order valence-corrected chi connectivity index (χ3v) is 4.69. The molecular formula is C15H10Cl2F4N2O2S. The molecule has 0 saturated heterocycles. The zero-order valence-electron chi connectivity index (χ0n) is 12.7. The van der Waals surface area contributed by atoms with Crippen molar-refractivity contribution in [3.8, 4) is 5.88 Å². The van der Waals surface area contributed by atoms with Crippen molar-refractivity contribution in [2.24, 2.45) is 0 Å². The summed E-state index contributed by atoms with van der Waals surface area (Å²) in [4.78, 5) is 15.2. The van der Waals surface area contributed by atoms with Crippen LogP contribution in [0.5, 0.6) is 5.88 Å². The first kappa shape index (κ1) is 20.6. The molecule has 2 rings (SSSR count). The number of nitrogens with zero attached hydrogens (tertiary/aromatic N) is 1. The Morgan fingerprint density at radius 1 is 1.19 bits per heavy atom. The number of pyridine rings is 1. The van der Waals surface area contributed by atoms with E-state index in [1.165, 1.54) is 12.1 Å². The molecule has 0 unspecified atom stereocenters. The molecule has 0 atom stereocenters. The van der Waals surface area contributed by atoms with Gasteiger partial charge in [-0.05, 0) is 17.7 Å². The van der Waals surface area contributed by atoms with Crippen molar-refractivity contribution in [2.75, 3.05) is 12.3 Å². The third-order valence-electron chi connectivity index (χ3n) is 3.05. The van der Waals surface area contributed by atoms with E-state index < -0.39 is 34.4 Å². The molecule has 140 valence electrons. The number of hydrogen-bond acceptors (Lipinski definition) is 5. The summed E-state index contributed by atoms with van der Waals surface area (Å²) < 4.78 is 55.8. The highest BCUT2D eigenvalue weighted by Gasteiger charge is 2.29. The van der Waals surface area contributed by atoms with Crippen molar-refractivity contribution in [1.82, 2.24) is 4.98 Å². The van der Waals surface area contributed by atoms with Gasteiger partial charge in [-0.3, -0.25) is 4.79 Å². The van der Waals surface area contributed by atoms with Gasteiger partial charge in [0.2, 0.25) is 16.9 Å². The van der Waals surface area contributed by atoms with Crippen LogP contribution in [0.15, 0.2) is 24.3 Å². The zero-order chi connectivity index (χ0) is 19.5. The molecular weight excluding hydrogens is 419 g/mol. The first-order valence-electron chi connectivity index (χ1n) is 6.84. The van der Waals surface area contributed by atoms with Gasteiger partial charge < -0.3 is 10.5 Å². The summed E-state index contributed by atoms with van der Waals surface area (Å²) in [5, 5.41) is -1.14. The van der Waals surface area contributed by atoms with Crippen LogP contribution in [0, 0.1) is 5.95 Å². The second-order valence-electron chi connectivity index (χ2n) is 4.89. The quantitative estimate of drug-likeness (QED) is 0.537. The fraction of sp³-hybridized carbons (Fsp3) is 0.200. The SMILES string of the molecule is Nc1c(Cl)c(F)nc(OCC(=O)SCc2ccc(C(F)(F)F)cc2)c1Cl. The number of aromatic nitrogens is 1. The van der Waals surface area contributed by atoms with Gasteiger partial charge in [0.25, 0.3) is 0 Å². The Hall–Kier alpha value is -1.71. The summed E-state index contributed by atoms with van der Waals surface area (Å²) in [6.07, 6.45) is -4.42. The van der Waals surface area contributed by atoms with E-state index in [9.17, 15) is 22.4 Å².